The van der Waals surface area contributed by atoms with E-state index < -0.39 is 17.7 Å². The first-order chi connectivity index (χ1) is 8.97. The van der Waals surface area contributed by atoms with Crippen molar-refractivity contribution in [2.75, 3.05) is 5.32 Å². The highest BCUT2D eigenvalue weighted by atomic mass is 79.9. The van der Waals surface area contributed by atoms with E-state index in [9.17, 15) is 14.0 Å². The molecule has 1 amide bonds. The lowest BCUT2D eigenvalue weighted by Crippen LogP contribution is -2.22. The Balaban J connectivity index is 2.00. The van der Waals surface area contributed by atoms with Crippen LogP contribution >= 0.6 is 15.9 Å². The Labute approximate surface area is 118 Å². The number of carbonyl (C=O) groups excluding carboxylic acids is 1. The van der Waals surface area contributed by atoms with E-state index in [0.29, 0.717) is 23.7 Å². The summed E-state index contributed by atoms with van der Waals surface area (Å²) in [7, 11) is 0. The van der Waals surface area contributed by atoms with Gasteiger partial charge in [-0.3, -0.25) is 9.59 Å². The third-order valence-corrected chi connectivity index (χ3v) is 3.83. The van der Waals surface area contributed by atoms with Crippen molar-refractivity contribution in [2.24, 2.45) is 11.8 Å². The molecule has 102 valence electrons. The number of amides is 1. The van der Waals surface area contributed by atoms with E-state index in [-0.39, 0.29) is 17.5 Å². The highest BCUT2D eigenvalue weighted by Crippen LogP contribution is 2.32. The van der Waals surface area contributed by atoms with Crippen LogP contribution in [0.4, 0.5) is 10.1 Å². The van der Waals surface area contributed by atoms with Crippen LogP contribution in [0.2, 0.25) is 0 Å². The lowest BCUT2D eigenvalue weighted by Gasteiger charge is -2.11. The number of carbonyl (C=O) groups is 2. The van der Waals surface area contributed by atoms with Crippen LogP contribution in [0.25, 0.3) is 0 Å². The third kappa shape index (κ3) is 3.32. The average molecular weight is 330 g/mol. The predicted molar refractivity (Wildman–Crippen MR) is 71.2 cm³/mol. The van der Waals surface area contributed by atoms with Crippen LogP contribution < -0.4 is 5.32 Å². The number of halogens is 2. The zero-order valence-corrected chi connectivity index (χ0v) is 11.6. The van der Waals surface area contributed by atoms with Gasteiger partial charge in [-0.25, -0.2) is 4.39 Å². The van der Waals surface area contributed by atoms with Gasteiger partial charge in [-0.05, 0) is 37.5 Å². The van der Waals surface area contributed by atoms with E-state index in [0.717, 1.165) is 0 Å². The number of carboxylic acid groups (broad SMARTS) is 1. The van der Waals surface area contributed by atoms with E-state index in [4.69, 9.17) is 5.11 Å². The molecule has 0 aromatic heterocycles. The SMILES string of the molecule is O=C(O)[C@@H]1CC[C@H](C(=O)Nc2ccc(Br)cc2F)C1. The van der Waals surface area contributed by atoms with Gasteiger partial charge in [0.2, 0.25) is 5.91 Å². The monoisotopic (exact) mass is 329 g/mol. The Hall–Kier alpha value is -1.43. The molecule has 0 aliphatic heterocycles. The van der Waals surface area contributed by atoms with Crippen LogP contribution in [0.15, 0.2) is 22.7 Å². The number of nitrogens with one attached hydrogen (secondary N) is 1. The summed E-state index contributed by atoms with van der Waals surface area (Å²) in [5, 5.41) is 11.4. The van der Waals surface area contributed by atoms with Gasteiger partial charge in [0, 0.05) is 10.4 Å². The minimum absolute atomic E-state index is 0.118. The Morgan fingerprint density at radius 2 is 2.00 bits per heavy atom. The minimum atomic E-state index is -0.870. The van der Waals surface area contributed by atoms with Crippen molar-refractivity contribution >= 4 is 33.5 Å². The second-order valence-corrected chi connectivity index (χ2v) is 5.57. The van der Waals surface area contributed by atoms with Gasteiger partial charge < -0.3 is 10.4 Å². The Morgan fingerprint density at radius 1 is 1.32 bits per heavy atom. The minimum Gasteiger partial charge on any atom is -0.481 e. The second kappa shape index (κ2) is 5.69. The molecule has 0 heterocycles. The summed E-state index contributed by atoms with van der Waals surface area (Å²) in [6, 6.07) is 4.37. The number of hydrogen-bond acceptors (Lipinski definition) is 2. The van der Waals surface area contributed by atoms with E-state index in [1.54, 1.807) is 6.07 Å². The van der Waals surface area contributed by atoms with Crippen LogP contribution in [0.3, 0.4) is 0 Å². The van der Waals surface area contributed by atoms with Gasteiger partial charge in [0.1, 0.15) is 5.82 Å². The van der Waals surface area contributed by atoms with Crippen molar-refractivity contribution in [1.82, 2.24) is 0 Å². The smallest absolute Gasteiger partial charge is 0.306 e. The molecule has 2 N–H and O–H groups in total. The molecule has 2 atom stereocenters. The first kappa shape index (κ1) is 14.0. The second-order valence-electron chi connectivity index (χ2n) is 4.66. The molecule has 6 heteroatoms. The molecule has 0 spiro atoms. The van der Waals surface area contributed by atoms with Crippen molar-refractivity contribution in [3.05, 3.63) is 28.5 Å². The summed E-state index contributed by atoms with van der Waals surface area (Å²) in [5.74, 6) is -2.53. The molecular weight excluding hydrogens is 317 g/mol. The van der Waals surface area contributed by atoms with Crippen molar-refractivity contribution in [2.45, 2.75) is 19.3 Å². The van der Waals surface area contributed by atoms with Crippen molar-refractivity contribution < 1.29 is 19.1 Å². The van der Waals surface area contributed by atoms with Crippen LogP contribution in [0.5, 0.6) is 0 Å². The van der Waals surface area contributed by atoms with E-state index in [2.05, 4.69) is 21.2 Å². The molecule has 1 fully saturated rings. The average Bonchev–Trinajstić information content (AvgIpc) is 2.82. The first-order valence-corrected chi connectivity index (χ1v) is 6.75. The highest BCUT2D eigenvalue weighted by molar-refractivity contribution is 9.10. The molecule has 2 rings (SSSR count). The summed E-state index contributed by atoms with van der Waals surface area (Å²) in [4.78, 5) is 22.8. The summed E-state index contributed by atoms with van der Waals surface area (Å²) in [6.45, 7) is 0. The molecule has 1 aliphatic carbocycles. The van der Waals surface area contributed by atoms with Crippen LogP contribution in [0.1, 0.15) is 19.3 Å². The predicted octanol–water partition coefficient (Wildman–Crippen LogP) is 3.03. The number of benzene rings is 1. The maximum Gasteiger partial charge on any atom is 0.306 e. The zero-order valence-electron chi connectivity index (χ0n) is 10.0. The topological polar surface area (TPSA) is 66.4 Å². The largest absolute Gasteiger partial charge is 0.481 e. The van der Waals surface area contributed by atoms with Crippen molar-refractivity contribution in [3.63, 3.8) is 0 Å². The number of carboxylic acids is 1. The molecule has 0 bridgehead atoms. The maximum atomic E-state index is 13.6. The number of hydrogen-bond donors (Lipinski definition) is 2. The van der Waals surface area contributed by atoms with Gasteiger partial charge in [0.05, 0.1) is 11.6 Å². The van der Waals surface area contributed by atoms with Crippen LogP contribution in [-0.4, -0.2) is 17.0 Å². The summed E-state index contributed by atoms with van der Waals surface area (Å²) in [6.07, 6.45) is 1.34. The molecular formula is C13H13BrFNO3. The number of anilines is 1. The van der Waals surface area contributed by atoms with Gasteiger partial charge >= 0.3 is 5.97 Å². The lowest BCUT2D eigenvalue weighted by molar-refractivity contribution is -0.141. The standard InChI is InChI=1S/C13H13BrFNO3/c14-9-3-4-11(10(15)6-9)16-12(17)7-1-2-8(5-7)13(18)19/h3-4,6-8H,1-2,5H2,(H,16,17)(H,18,19)/t7-,8+/m0/s1. The molecule has 1 aromatic rings. The molecule has 0 saturated heterocycles. The summed E-state index contributed by atoms with van der Waals surface area (Å²) < 4.78 is 14.2. The molecule has 4 nitrogen and oxygen atoms in total. The van der Waals surface area contributed by atoms with Crippen LogP contribution in [-0.2, 0) is 9.59 Å². The van der Waals surface area contributed by atoms with E-state index in [1.165, 1.54) is 12.1 Å². The van der Waals surface area contributed by atoms with Crippen molar-refractivity contribution in [3.8, 4) is 0 Å². The Bertz CT molecular complexity index is 521. The van der Waals surface area contributed by atoms with Gasteiger partial charge in [-0.15, -0.1) is 0 Å². The molecule has 1 aliphatic rings. The maximum absolute atomic E-state index is 13.6. The van der Waals surface area contributed by atoms with Crippen molar-refractivity contribution in [1.29, 1.82) is 0 Å². The number of aliphatic carboxylic acids is 1. The fourth-order valence-electron chi connectivity index (χ4n) is 2.27. The lowest BCUT2D eigenvalue weighted by atomic mass is 10.0. The normalized spacial score (nSPS) is 22.2. The summed E-state index contributed by atoms with van der Waals surface area (Å²) >= 11 is 3.13. The quantitative estimate of drug-likeness (QED) is 0.895. The van der Waals surface area contributed by atoms with E-state index in [1.807, 2.05) is 0 Å². The molecule has 0 unspecified atom stereocenters. The van der Waals surface area contributed by atoms with Gasteiger partial charge in [0.25, 0.3) is 0 Å². The highest BCUT2D eigenvalue weighted by Gasteiger charge is 2.33. The Kier molecular flexibility index (Phi) is 4.19. The van der Waals surface area contributed by atoms with Gasteiger partial charge in [0.15, 0.2) is 0 Å². The first-order valence-electron chi connectivity index (χ1n) is 5.96. The fourth-order valence-corrected chi connectivity index (χ4v) is 2.60. The molecule has 19 heavy (non-hydrogen) atoms. The number of rotatable bonds is 3. The molecule has 0 radical (unpaired) electrons. The van der Waals surface area contributed by atoms with E-state index >= 15 is 0 Å². The Morgan fingerprint density at radius 3 is 2.58 bits per heavy atom. The van der Waals surface area contributed by atoms with Gasteiger partial charge in [-0.2, -0.15) is 0 Å². The summed E-state index contributed by atoms with van der Waals surface area (Å²) in [5.41, 5.74) is 0.118. The molecule has 1 aromatic carbocycles. The van der Waals surface area contributed by atoms with Gasteiger partial charge in [-0.1, -0.05) is 15.9 Å². The fraction of sp³-hybridized carbons (Fsp3) is 0.385. The zero-order chi connectivity index (χ0) is 14.0. The third-order valence-electron chi connectivity index (χ3n) is 3.34. The van der Waals surface area contributed by atoms with Crippen LogP contribution in [0, 0.1) is 17.7 Å². The molecule has 1 saturated carbocycles.